The predicted octanol–water partition coefficient (Wildman–Crippen LogP) is 4.50. The highest BCUT2D eigenvalue weighted by atomic mass is 16.4. The van der Waals surface area contributed by atoms with E-state index in [1.165, 1.54) is 29.7 Å². The van der Waals surface area contributed by atoms with Crippen LogP contribution in [0.4, 0.5) is 0 Å². The van der Waals surface area contributed by atoms with Crippen molar-refractivity contribution in [1.29, 1.82) is 0 Å². The minimum atomic E-state index is -0.957. The zero-order chi connectivity index (χ0) is 16.3. The van der Waals surface area contributed by atoms with Crippen molar-refractivity contribution in [2.24, 2.45) is 5.41 Å². The molecule has 3 heteroatoms. The Balaban J connectivity index is 2.17. The molecular formula is C19H24O3. The lowest BCUT2D eigenvalue weighted by Gasteiger charge is -2.33. The predicted molar refractivity (Wildman–Crippen MR) is 87.8 cm³/mol. The maximum atomic E-state index is 10.8. The molecule has 2 rings (SSSR count). The molecule has 0 saturated heterocycles. The Kier molecular flexibility index (Phi) is 4.87. The number of aliphatic hydroxyl groups is 1. The van der Waals surface area contributed by atoms with E-state index in [-0.39, 0.29) is 11.0 Å². The zero-order valence-electron chi connectivity index (χ0n) is 13.5. The van der Waals surface area contributed by atoms with Gasteiger partial charge in [-0.05, 0) is 54.9 Å². The van der Waals surface area contributed by atoms with Crippen molar-refractivity contribution in [3.05, 3.63) is 58.7 Å². The van der Waals surface area contributed by atoms with Crippen LogP contribution < -0.4 is 0 Å². The SMILES string of the molecule is CC1=C(C=CC(O)c2ccc(C(=O)O)cc2)C(C)(C)CCC1. The average molecular weight is 300 g/mol. The molecule has 22 heavy (non-hydrogen) atoms. The molecule has 1 aromatic rings. The van der Waals surface area contributed by atoms with Gasteiger partial charge in [-0.2, -0.15) is 0 Å². The maximum absolute atomic E-state index is 10.8. The molecule has 118 valence electrons. The standard InChI is InChI=1S/C19H24O3/c1-13-5-4-12-19(2,3)16(13)10-11-17(20)14-6-8-15(9-7-14)18(21)22/h6-11,17,20H,4-5,12H2,1-3H3,(H,21,22). The number of carbonyl (C=O) groups is 1. The highest BCUT2D eigenvalue weighted by Gasteiger charge is 2.26. The molecule has 2 N–H and O–H groups in total. The molecule has 0 bridgehead atoms. The third-order valence-corrected chi connectivity index (χ3v) is 4.49. The van der Waals surface area contributed by atoms with Crippen LogP contribution in [0.1, 0.15) is 62.1 Å². The lowest BCUT2D eigenvalue weighted by atomic mass is 9.72. The van der Waals surface area contributed by atoms with Gasteiger partial charge in [-0.1, -0.05) is 43.7 Å². The van der Waals surface area contributed by atoms with E-state index in [1.54, 1.807) is 18.2 Å². The first-order valence-electron chi connectivity index (χ1n) is 7.71. The van der Waals surface area contributed by atoms with Crippen LogP contribution in [0.5, 0.6) is 0 Å². The summed E-state index contributed by atoms with van der Waals surface area (Å²) in [7, 11) is 0. The summed E-state index contributed by atoms with van der Waals surface area (Å²) in [4.78, 5) is 10.8. The minimum absolute atomic E-state index is 0.145. The van der Waals surface area contributed by atoms with Crippen LogP contribution in [-0.2, 0) is 0 Å². The van der Waals surface area contributed by atoms with Crippen molar-refractivity contribution in [3.8, 4) is 0 Å². The van der Waals surface area contributed by atoms with E-state index < -0.39 is 12.1 Å². The lowest BCUT2D eigenvalue weighted by molar-refractivity contribution is 0.0696. The molecule has 1 aliphatic carbocycles. The fourth-order valence-electron chi connectivity index (χ4n) is 3.13. The molecule has 3 nitrogen and oxygen atoms in total. The van der Waals surface area contributed by atoms with Gasteiger partial charge in [0.05, 0.1) is 11.7 Å². The van der Waals surface area contributed by atoms with Crippen molar-refractivity contribution in [1.82, 2.24) is 0 Å². The molecule has 0 spiro atoms. The summed E-state index contributed by atoms with van der Waals surface area (Å²) in [5, 5.41) is 19.2. The number of benzene rings is 1. The van der Waals surface area contributed by atoms with E-state index in [1.807, 2.05) is 6.08 Å². The Bertz CT molecular complexity index is 606. The molecule has 1 aromatic carbocycles. The van der Waals surface area contributed by atoms with Gasteiger partial charge in [0.15, 0.2) is 0 Å². The second kappa shape index (κ2) is 6.49. The third kappa shape index (κ3) is 3.66. The average Bonchev–Trinajstić information content (AvgIpc) is 2.46. The topological polar surface area (TPSA) is 57.5 Å². The van der Waals surface area contributed by atoms with Gasteiger partial charge in [-0.15, -0.1) is 0 Å². The molecule has 1 atom stereocenters. The summed E-state index contributed by atoms with van der Waals surface area (Å²) in [5.41, 5.74) is 3.77. The van der Waals surface area contributed by atoms with Crippen LogP contribution in [0.2, 0.25) is 0 Å². The third-order valence-electron chi connectivity index (χ3n) is 4.49. The number of rotatable bonds is 4. The van der Waals surface area contributed by atoms with Crippen LogP contribution >= 0.6 is 0 Å². The molecule has 0 radical (unpaired) electrons. The molecule has 0 saturated carbocycles. The van der Waals surface area contributed by atoms with Crippen LogP contribution in [-0.4, -0.2) is 16.2 Å². The summed E-state index contributed by atoms with van der Waals surface area (Å²) in [6.07, 6.45) is 6.60. The number of allylic oxidation sites excluding steroid dienone is 3. The van der Waals surface area contributed by atoms with E-state index in [0.717, 1.165) is 12.8 Å². The lowest BCUT2D eigenvalue weighted by Crippen LogP contribution is -2.19. The summed E-state index contributed by atoms with van der Waals surface area (Å²) in [6.45, 7) is 6.64. The second-order valence-corrected chi connectivity index (χ2v) is 6.66. The number of aliphatic hydroxyl groups excluding tert-OH is 1. The summed E-state index contributed by atoms with van der Waals surface area (Å²) < 4.78 is 0. The fraction of sp³-hybridized carbons (Fsp3) is 0.421. The first-order valence-corrected chi connectivity index (χ1v) is 7.71. The summed E-state index contributed by atoms with van der Waals surface area (Å²) >= 11 is 0. The molecule has 1 aliphatic rings. The Labute approximate surface area is 132 Å². The van der Waals surface area contributed by atoms with E-state index in [0.29, 0.717) is 5.56 Å². The van der Waals surface area contributed by atoms with Gasteiger partial charge in [0.25, 0.3) is 0 Å². The van der Waals surface area contributed by atoms with Gasteiger partial charge < -0.3 is 10.2 Å². The Morgan fingerprint density at radius 3 is 2.45 bits per heavy atom. The minimum Gasteiger partial charge on any atom is -0.478 e. The fourth-order valence-corrected chi connectivity index (χ4v) is 3.13. The normalized spacial score (nSPS) is 19.5. The molecule has 0 heterocycles. The van der Waals surface area contributed by atoms with E-state index in [9.17, 15) is 9.90 Å². The van der Waals surface area contributed by atoms with Crippen molar-refractivity contribution >= 4 is 5.97 Å². The van der Waals surface area contributed by atoms with Crippen molar-refractivity contribution < 1.29 is 15.0 Å². The quantitative estimate of drug-likeness (QED) is 0.860. The molecule has 0 amide bonds. The summed E-state index contributed by atoms with van der Waals surface area (Å²) in [5.74, 6) is -0.957. The van der Waals surface area contributed by atoms with Crippen LogP contribution in [0, 0.1) is 5.41 Å². The van der Waals surface area contributed by atoms with Gasteiger partial charge in [-0.3, -0.25) is 0 Å². The number of hydrogen-bond donors (Lipinski definition) is 2. The van der Waals surface area contributed by atoms with Gasteiger partial charge in [0, 0.05) is 0 Å². The highest BCUT2D eigenvalue weighted by Crippen LogP contribution is 2.41. The van der Waals surface area contributed by atoms with Crippen molar-refractivity contribution in [2.75, 3.05) is 0 Å². The largest absolute Gasteiger partial charge is 0.478 e. The first kappa shape index (κ1) is 16.5. The molecular weight excluding hydrogens is 276 g/mol. The highest BCUT2D eigenvalue weighted by molar-refractivity contribution is 5.87. The van der Waals surface area contributed by atoms with Crippen molar-refractivity contribution in [2.45, 2.75) is 46.1 Å². The maximum Gasteiger partial charge on any atom is 0.335 e. The Hall–Kier alpha value is -1.87. The van der Waals surface area contributed by atoms with Crippen molar-refractivity contribution in [3.63, 3.8) is 0 Å². The first-order chi connectivity index (χ1) is 10.3. The zero-order valence-corrected chi connectivity index (χ0v) is 13.5. The molecule has 1 unspecified atom stereocenters. The second-order valence-electron chi connectivity index (χ2n) is 6.66. The number of hydrogen-bond acceptors (Lipinski definition) is 2. The van der Waals surface area contributed by atoms with Crippen LogP contribution in [0.3, 0.4) is 0 Å². The smallest absolute Gasteiger partial charge is 0.335 e. The van der Waals surface area contributed by atoms with Gasteiger partial charge in [0.1, 0.15) is 0 Å². The summed E-state index contributed by atoms with van der Waals surface area (Å²) in [6, 6.07) is 6.35. The molecule has 0 aliphatic heterocycles. The number of carboxylic acids is 1. The van der Waals surface area contributed by atoms with E-state index in [2.05, 4.69) is 20.8 Å². The van der Waals surface area contributed by atoms with Gasteiger partial charge in [-0.25, -0.2) is 4.79 Å². The monoisotopic (exact) mass is 300 g/mol. The number of aromatic carboxylic acids is 1. The van der Waals surface area contributed by atoms with E-state index in [4.69, 9.17) is 5.11 Å². The Morgan fingerprint density at radius 2 is 1.91 bits per heavy atom. The van der Waals surface area contributed by atoms with Crippen LogP contribution in [0.15, 0.2) is 47.6 Å². The van der Waals surface area contributed by atoms with E-state index >= 15 is 0 Å². The van der Waals surface area contributed by atoms with Gasteiger partial charge in [0.2, 0.25) is 0 Å². The molecule has 0 aromatic heterocycles. The Morgan fingerprint density at radius 1 is 1.27 bits per heavy atom. The molecule has 0 fully saturated rings. The van der Waals surface area contributed by atoms with Gasteiger partial charge >= 0.3 is 5.97 Å². The number of carboxylic acid groups (broad SMARTS) is 1. The van der Waals surface area contributed by atoms with Crippen LogP contribution in [0.25, 0.3) is 0 Å².